The van der Waals surface area contributed by atoms with Crippen LogP contribution in [0.4, 0.5) is 10.2 Å². The maximum atomic E-state index is 13.9. The summed E-state index contributed by atoms with van der Waals surface area (Å²) >= 11 is 6.12. The van der Waals surface area contributed by atoms with E-state index in [0.29, 0.717) is 17.1 Å². The molecule has 0 atom stereocenters. The van der Waals surface area contributed by atoms with Gasteiger partial charge in [0.05, 0.1) is 11.6 Å². The summed E-state index contributed by atoms with van der Waals surface area (Å²) in [6, 6.07) is 4.81. The van der Waals surface area contributed by atoms with Crippen molar-refractivity contribution in [2.45, 2.75) is 6.54 Å². The van der Waals surface area contributed by atoms with Crippen molar-refractivity contribution in [1.82, 2.24) is 25.1 Å². The smallest absolute Gasteiger partial charge is 0.160 e. The van der Waals surface area contributed by atoms with E-state index in [2.05, 4.69) is 30.0 Å². The third-order valence-electron chi connectivity index (χ3n) is 4.34. The van der Waals surface area contributed by atoms with Crippen LogP contribution in [-0.4, -0.2) is 51.2 Å². The van der Waals surface area contributed by atoms with Crippen LogP contribution in [0.25, 0.3) is 11.0 Å². The second-order valence-corrected chi connectivity index (χ2v) is 6.20. The fourth-order valence-corrected chi connectivity index (χ4v) is 3.25. The minimum absolute atomic E-state index is 0.249. The molecule has 0 bridgehead atoms. The molecule has 1 fully saturated rings. The molecule has 3 heterocycles. The van der Waals surface area contributed by atoms with E-state index < -0.39 is 0 Å². The van der Waals surface area contributed by atoms with Gasteiger partial charge < -0.3 is 4.90 Å². The molecule has 1 aliphatic heterocycles. The molecular weight excluding hydrogens is 331 g/mol. The number of H-pyrrole nitrogens is 1. The Morgan fingerprint density at radius 2 is 2.00 bits per heavy atom. The van der Waals surface area contributed by atoms with Crippen molar-refractivity contribution in [3.63, 3.8) is 0 Å². The summed E-state index contributed by atoms with van der Waals surface area (Å²) in [7, 11) is 0. The van der Waals surface area contributed by atoms with Gasteiger partial charge in [-0.25, -0.2) is 14.4 Å². The van der Waals surface area contributed by atoms with Crippen molar-refractivity contribution < 1.29 is 4.39 Å². The van der Waals surface area contributed by atoms with Gasteiger partial charge in [-0.1, -0.05) is 17.7 Å². The monoisotopic (exact) mass is 346 g/mol. The zero-order valence-corrected chi connectivity index (χ0v) is 13.7. The van der Waals surface area contributed by atoms with Gasteiger partial charge in [0.2, 0.25) is 0 Å². The van der Waals surface area contributed by atoms with Gasteiger partial charge in [0.1, 0.15) is 18.0 Å². The van der Waals surface area contributed by atoms with E-state index in [4.69, 9.17) is 11.6 Å². The summed E-state index contributed by atoms with van der Waals surface area (Å²) in [6.45, 7) is 3.76. The third kappa shape index (κ3) is 2.81. The molecule has 0 saturated carbocycles. The van der Waals surface area contributed by atoms with Crippen molar-refractivity contribution in [2.75, 3.05) is 31.1 Å². The van der Waals surface area contributed by atoms with E-state index in [1.54, 1.807) is 24.7 Å². The predicted molar refractivity (Wildman–Crippen MR) is 90.6 cm³/mol. The average Bonchev–Trinajstić information content (AvgIpc) is 3.08. The van der Waals surface area contributed by atoms with Gasteiger partial charge in [-0.3, -0.25) is 10.00 Å². The molecule has 8 heteroatoms. The largest absolute Gasteiger partial charge is 0.353 e. The molecule has 0 unspecified atom stereocenters. The number of nitrogens with zero attached hydrogens (tertiary/aromatic N) is 5. The summed E-state index contributed by atoms with van der Waals surface area (Å²) in [6.07, 6.45) is 3.29. The molecular formula is C16H16ClFN6. The van der Waals surface area contributed by atoms with E-state index in [-0.39, 0.29) is 5.82 Å². The number of hydrogen-bond donors (Lipinski definition) is 1. The first kappa shape index (κ1) is 15.3. The summed E-state index contributed by atoms with van der Waals surface area (Å²) < 4.78 is 13.9. The van der Waals surface area contributed by atoms with Crippen molar-refractivity contribution in [1.29, 1.82) is 0 Å². The minimum Gasteiger partial charge on any atom is -0.353 e. The Bertz CT molecular complexity index is 838. The summed E-state index contributed by atoms with van der Waals surface area (Å²) in [4.78, 5) is 13.0. The molecule has 0 amide bonds. The van der Waals surface area contributed by atoms with Gasteiger partial charge in [-0.2, -0.15) is 5.10 Å². The number of hydrogen-bond acceptors (Lipinski definition) is 5. The summed E-state index contributed by atoms with van der Waals surface area (Å²) in [5.74, 6) is 0.637. The van der Waals surface area contributed by atoms with Crippen LogP contribution in [0.15, 0.2) is 30.7 Å². The lowest BCUT2D eigenvalue weighted by atomic mass is 10.2. The predicted octanol–water partition coefficient (Wildman–Crippen LogP) is 2.47. The van der Waals surface area contributed by atoms with Gasteiger partial charge >= 0.3 is 0 Å². The lowest BCUT2D eigenvalue weighted by molar-refractivity contribution is 0.246. The first-order chi connectivity index (χ1) is 11.7. The molecule has 1 aliphatic rings. The third-order valence-corrected chi connectivity index (χ3v) is 4.70. The van der Waals surface area contributed by atoms with E-state index in [1.165, 1.54) is 6.07 Å². The first-order valence-corrected chi connectivity index (χ1v) is 8.14. The Morgan fingerprint density at radius 3 is 2.79 bits per heavy atom. The Balaban J connectivity index is 1.46. The Kier molecular flexibility index (Phi) is 4.03. The highest BCUT2D eigenvalue weighted by molar-refractivity contribution is 6.31. The number of aromatic amines is 1. The van der Waals surface area contributed by atoms with E-state index in [1.807, 2.05) is 0 Å². The molecule has 2 aromatic heterocycles. The van der Waals surface area contributed by atoms with E-state index >= 15 is 0 Å². The number of piperazine rings is 1. The number of nitrogens with one attached hydrogen (secondary N) is 1. The zero-order chi connectivity index (χ0) is 16.5. The Morgan fingerprint density at radius 1 is 1.17 bits per heavy atom. The molecule has 0 radical (unpaired) electrons. The molecule has 124 valence electrons. The molecule has 1 saturated heterocycles. The standard InChI is InChI=1S/C16H16ClFN6/c17-13-2-1-3-14(18)12(13)9-23-4-6-24(7-5-23)16-11-8-21-22-15(11)19-10-20-16/h1-3,8,10H,4-7,9H2,(H,19,20,21,22). The first-order valence-electron chi connectivity index (χ1n) is 7.76. The molecule has 3 aromatic rings. The van der Waals surface area contributed by atoms with Crippen molar-refractivity contribution in [3.8, 4) is 0 Å². The van der Waals surface area contributed by atoms with Crippen LogP contribution in [-0.2, 0) is 6.54 Å². The van der Waals surface area contributed by atoms with Crippen molar-refractivity contribution in [3.05, 3.63) is 47.1 Å². The molecule has 0 spiro atoms. The summed E-state index contributed by atoms with van der Waals surface area (Å²) in [5.41, 5.74) is 1.30. The Hall–Kier alpha value is -2.25. The highest BCUT2D eigenvalue weighted by Gasteiger charge is 2.21. The van der Waals surface area contributed by atoms with Crippen LogP contribution in [0.2, 0.25) is 5.02 Å². The van der Waals surface area contributed by atoms with E-state index in [9.17, 15) is 4.39 Å². The number of halogens is 2. The highest BCUT2D eigenvalue weighted by Crippen LogP contribution is 2.24. The van der Waals surface area contributed by atoms with Gasteiger partial charge in [0.15, 0.2) is 5.65 Å². The molecule has 4 rings (SSSR count). The normalized spacial score (nSPS) is 16.0. The van der Waals surface area contributed by atoms with Gasteiger partial charge in [-0.15, -0.1) is 0 Å². The molecule has 1 aromatic carbocycles. The lowest BCUT2D eigenvalue weighted by Crippen LogP contribution is -2.46. The number of rotatable bonds is 3. The average molecular weight is 347 g/mol. The van der Waals surface area contributed by atoms with Crippen molar-refractivity contribution in [2.24, 2.45) is 0 Å². The second-order valence-electron chi connectivity index (χ2n) is 5.79. The van der Waals surface area contributed by atoms with Crippen LogP contribution in [0.5, 0.6) is 0 Å². The number of anilines is 1. The number of benzene rings is 1. The van der Waals surface area contributed by atoms with Gasteiger partial charge in [0.25, 0.3) is 0 Å². The zero-order valence-electron chi connectivity index (χ0n) is 12.9. The number of aromatic nitrogens is 4. The second kappa shape index (κ2) is 6.33. The van der Waals surface area contributed by atoms with Gasteiger partial charge in [0, 0.05) is 43.3 Å². The van der Waals surface area contributed by atoms with Crippen LogP contribution in [0.1, 0.15) is 5.56 Å². The Labute approximate surface area is 143 Å². The maximum absolute atomic E-state index is 13.9. The SMILES string of the molecule is Fc1cccc(Cl)c1CN1CCN(c2ncnc3[nH]ncc23)CC1. The molecule has 6 nitrogen and oxygen atoms in total. The van der Waals surface area contributed by atoms with Crippen LogP contribution >= 0.6 is 11.6 Å². The fourth-order valence-electron chi connectivity index (χ4n) is 3.03. The van der Waals surface area contributed by atoms with Crippen LogP contribution in [0, 0.1) is 5.82 Å². The molecule has 0 aliphatic carbocycles. The van der Waals surface area contributed by atoms with Crippen LogP contribution < -0.4 is 4.90 Å². The molecule has 24 heavy (non-hydrogen) atoms. The molecule has 1 N–H and O–H groups in total. The quantitative estimate of drug-likeness (QED) is 0.789. The topological polar surface area (TPSA) is 60.9 Å². The van der Waals surface area contributed by atoms with Crippen molar-refractivity contribution >= 4 is 28.5 Å². The highest BCUT2D eigenvalue weighted by atomic mass is 35.5. The summed E-state index contributed by atoms with van der Waals surface area (Å²) in [5, 5.41) is 8.28. The van der Waals surface area contributed by atoms with Gasteiger partial charge in [-0.05, 0) is 12.1 Å². The van der Waals surface area contributed by atoms with E-state index in [0.717, 1.165) is 43.0 Å². The fraction of sp³-hybridized carbons (Fsp3) is 0.312. The van der Waals surface area contributed by atoms with Crippen LogP contribution in [0.3, 0.4) is 0 Å². The minimum atomic E-state index is -0.249. The lowest BCUT2D eigenvalue weighted by Gasteiger charge is -2.35. The number of fused-ring (bicyclic) bond motifs is 1. The maximum Gasteiger partial charge on any atom is 0.160 e.